The molecule has 5 rings (SSSR count). The van der Waals surface area contributed by atoms with E-state index in [1.54, 1.807) is 30.3 Å². The van der Waals surface area contributed by atoms with Crippen LogP contribution in [0.15, 0.2) is 42.6 Å². The number of likely N-dealkylation sites (N-methyl/N-ethyl adjacent to an activating group) is 1. The van der Waals surface area contributed by atoms with Crippen LogP contribution in [0.25, 0.3) is 0 Å². The van der Waals surface area contributed by atoms with Gasteiger partial charge in [0.2, 0.25) is 16.0 Å². The van der Waals surface area contributed by atoms with Gasteiger partial charge in [-0.2, -0.15) is 4.98 Å². The highest BCUT2D eigenvalue weighted by molar-refractivity contribution is 7.92. The van der Waals surface area contributed by atoms with Crippen molar-refractivity contribution in [2.24, 2.45) is 0 Å². The Morgan fingerprint density at radius 1 is 0.952 bits per heavy atom. The molecule has 2 N–H and O–H groups in total. The number of nitrogens with zero attached hydrogens (tertiary/aromatic N) is 6. The van der Waals surface area contributed by atoms with Crippen molar-refractivity contribution in [2.75, 3.05) is 79.5 Å². The average molecular weight is 621 g/mol. The molecular formula is C28H35ClF2N8O2S. The summed E-state index contributed by atoms with van der Waals surface area (Å²) < 4.78 is 55.9. The van der Waals surface area contributed by atoms with Crippen molar-refractivity contribution in [3.8, 4) is 0 Å². The van der Waals surface area contributed by atoms with Crippen LogP contribution in [-0.2, 0) is 10.0 Å². The Labute approximate surface area is 250 Å². The number of benzene rings is 2. The SMILES string of the molecule is CN1CCN(C2CCN(c3ccc(Nc4ncc(Cl)c(Nc5ccccc5N(C)S(C)(=O)=O)n4)c(F)c3F)CC2)CC1. The maximum absolute atomic E-state index is 15.3. The predicted molar refractivity (Wildman–Crippen MR) is 164 cm³/mol. The molecule has 0 amide bonds. The Kier molecular flexibility index (Phi) is 9.02. The Morgan fingerprint density at radius 2 is 1.64 bits per heavy atom. The number of para-hydroxylation sites is 2. The van der Waals surface area contributed by atoms with Crippen molar-refractivity contribution >= 4 is 56.1 Å². The van der Waals surface area contributed by atoms with Crippen molar-refractivity contribution in [2.45, 2.75) is 18.9 Å². The Hall–Kier alpha value is -3.26. The molecule has 10 nitrogen and oxygen atoms in total. The lowest BCUT2D eigenvalue weighted by atomic mass is 10.0. The summed E-state index contributed by atoms with van der Waals surface area (Å²) >= 11 is 6.31. The molecule has 2 fully saturated rings. The number of rotatable bonds is 8. The van der Waals surface area contributed by atoms with Gasteiger partial charge in [-0.15, -0.1) is 0 Å². The second-order valence-corrected chi connectivity index (χ2v) is 13.1. The molecular weight excluding hydrogens is 586 g/mol. The van der Waals surface area contributed by atoms with Gasteiger partial charge in [-0.1, -0.05) is 23.7 Å². The number of aromatic nitrogens is 2. The lowest BCUT2D eigenvalue weighted by Crippen LogP contribution is -2.52. The fourth-order valence-electron chi connectivity index (χ4n) is 5.33. The summed E-state index contributed by atoms with van der Waals surface area (Å²) in [6.07, 6.45) is 4.22. The third kappa shape index (κ3) is 6.69. The topological polar surface area (TPSA) is 96.9 Å². The third-order valence-electron chi connectivity index (χ3n) is 7.91. The van der Waals surface area contributed by atoms with E-state index in [1.165, 1.54) is 19.3 Å². The Bertz CT molecular complexity index is 1530. The molecule has 14 heteroatoms. The first kappa shape index (κ1) is 30.2. The number of piperazine rings is 1. The average Bonchev–Trinajstić information content (AvgIpc) is 2.97. The van der Waals surface area contributed by atoms with E-state index < -0.39 is 21.7 Å². The lowest BCUT2D eigenvalue weighted by Gasteiger charge is -2.42. The molecule has 0 aliphatic carbocycles. The fourth-order valence-corrected chi connectivity index (χ4v) is 5.99. The second-order valence-electron chi connectivity index (χ2n) is 10.7. The molecule has 0 radical (unpaired) electrons. The minimum Gasteiger partial charge on any atom is -0.369 e. The van der Waals surface area contributed by atoms with Gasteiger partial charge in [-0.3, -0.25) is 9.21 Å². The minimum absolute atomic E-state index is 0.0186. The predicted octanol–water partition coefficient (Wildman–Crippen LogP) is 4.51. The molecule has 226 valence electrons. The molecule has 0 unspecified atom stereocenters. The molecule has 2 aromatic carbocycles. The van der Waals surface area contributed by atoms with Crippen LogP contribution in [0.5, 0.6) is 0 Å². The summed E-state index contributed by atoms with van der Waals surface area (Å²) in [4.78, 5) is 15.2. The van der Waals surface area contributed by atoms with Crippen LogP contribution in [0.2, 0.25) is 5.02 Å². The van der Waals surface area contributed by atoms with E-state index in [0.29, 0.717) is 30.5 Å². The van der Waals surface area contributed by atoms with E-state index >= 15 is 8.78 Å². The highest BCUT2D eigenvalue weighted by Gasteiger charge is 2.28. The maximum atomic E-state index is 15.3. The van der Waals surface area contributed by atoms with Crippen molar-refractivity contribution < 1.29 is 17.2 Å². The third-order valence-corrected chi connectivity index (χ3v) is 9.37. The fraction of sp³-hybridized carbons (Fsp3) is 0.429. The lowest BCUT2D eigenvalue weighted by molar-refractivity contribution is 0.0981. The van der Waals surface area contributed by atoms with Crippen LogP contribution >= 0.6 is 11.6 Å². The molecule has 0 bridgehead atoms. The first-order chi connectivity index (χ1) is 20.0. The van der Waals surface area contributed by atoms with E-state index in [1.807, 2.05) is 4.90 Å². The largest absolute Gasteiger partial charge is 0.369 e. The van der Waals surface area contributed by atoms with E-state index in [2.05, 4.69) is 37.4 Å². The van der Waals surface area contributed by atoms with Crippen LogP contribution in [-0.4, -0.2) is 93.8 Å². The van der Waals surface area contributed by atoms with Gasteiger partial charge in [0.25, 0.3) is 0 Å². The second kappa shape index (κ2) is 12.5. The Balaban J connectivity index is 1.28. The van der Waals surface area contributed by atoms with Crippen molar-refractivity contribution in [3.63, 3.8) is 0 Å². The summed E-state index contributed by atoms with van der Waals surface area (Å²) in [5.41, 5.74) is 0.922. The van der Waals surface area contributed by atoms with E-state index in [9.17, 15) is 8.42 Å². The maximum Gasteiger partial charge on any atom is 0.232 e. The van der Waals surface area contributed by atoms with Gasteiger partial charge in [-0.25, -0.2) is 22.2 Å². The summed E-state index contributed by atoms with van der Waals surface area (Å²) in [7, 11) is 0.0347. The molecule has 2 aliphatic heterocycles. The quantitative estimate of drug-likeness (QED) is 0.377. The molecule has 2 saturated heterocycles. The van der Waals surface area contributed by atoms with Crippen LogP contribution < -0.4 is 19.8 Å². The smallest absolute Gasteiger partial charge is 0.232 e. The zero-order valence-corrected chi connectivity index (χ0v) is 25.4. The van der Waals surface area contributed by atoms with E-state index in [-0.39, 0.29) is 28.2 Å². The van der Waals surface area contributed by atoms with Crippen LogP contribution in [0, 0.1) is 11.6 Å². The van der Waals surface area contributed by atoms with Gasteiger partial charge in [0, 0.05) is 52.4 Å². The summed E-state index contributed by atoms with van der Waals surface area (Å²) in [5, 5.41) is 5.91. The van der Waals surface area contributed by atoms with Gasteiger partial charge in [0.15, 0.2) is 17.5 Å². The number of anilines is 6. The molecule has 3 heterocycles. The summed E-state index contributed by atoms with van der Waals surface area (Å²) in [6.45, 7) is 5.50. The Morgan fingerprint density at radius 3 is 2.33 bits per heavy atom. The van der Waals surface area contributed by atoms with Gasteiger partial charge >= 0.3 is 0 Å². The van der Waals surface area contributed by atoms with Gasteiger partial charge in [-0.05, 0) is 44.2 Å². The van der Waals surface area contributed by atoms with E-state index in [4.69, 9.17) is 11.6 Å². The highest BCUT2D eigenvalue weighted by atomic mass is 35.5. The number of hydrogen-bond donors (Lipinski definition) is 2. The highest BCUT2D eigenvalue weighted by Crippen LogP contribution is 2.34. The zero-order chi connectivity index (χ0) is 30.0. The summed E-state index contributed by atoms with van der Waals surface area (Å²) in [5.74, 6) is -1.82. The van der Waals surface area contributed by atoms with E-state index in [0.717, 1.165) is 49.6 Å². The number of hydrogen-bond acceptors (Lipinski definition) is 9. The molecule has 0 saturated carbocycles. The van der Waals surface area contributed by atoms with Crippen LogP contribution in [0.1, 0.15) is 12.8 Å². The van der Waals surface area contributed by atoms with Crippen LogP contribution in [0.3, 0.4) is 0 Å². The van der Waals surface area contributed by atoms with Gasteiger partial charge < -0.3 is 20.4 Å². The number of piperidine rings is 1. The summed E-state index contributed by atoms with van der Waals surface area (Å²) in [6, 6.07) is 10.2. The number of nitrogens with one attached hydrogen (secondary N) is 2. The molecule has 0 atom stereocenters. The molecule has 2 aliphatic rings. The first-order valence-corrected chi connectivity index (χ1v) is 16.0. The number of sulfonamides is 1. The minimum atomic E-state index is -3.53. The van der Waals surface area contributed by atoms with Crippen LogP contribution in [0.4, 0.5) is 43.3 Å². The van der Waals surface area contributed by atoms with Crippen molar-refractivity contribution in [3.05, 3.63) is 59.3 Å². The normalized spacial score (nSPS) is 17.3. The molecule has 1 aromatic heterocycles. The first-order valence-electron chi connectivity index (χ1n) is 13.8. The molecule has 0 spiro atoms. The van der Waals surface area contributed by atoms with Gasteiger partial charge in [0.05, 0.1) is 35.2 Å². The zero-order valence-electron chi connectivity index (χ0n) is 23.8. The monoisotopic (exact) mass is 620 g/mol. The molecule has 42 heavy (non-hydrogen) atoms. The standard InChI is InChI=1S/C28H35ClF2N8O2S/c1-36-14-16-38(17-15-36)19-10-12-39(13-11-19)24-9-8-22(25(30)26(24)31)34-28-32-18-20(29)27(35-28)33-21-6-4-5-7-23(21)37(2)42(3,40)41/h4-9,18-19H,10-17H2,1-3H3,(H2,32,33,34,35). The van der Waals surface area contributed by atoms with Gasteiger partial charge in [0.1, 0.15) is 5.02 Å². The van der Waals surface area contributed by atoms with Crippen molar-refractivity contribution in [1.82, 2.24) is 19.8 Å². The molecule has 3 aromatic rings. The number of halogens is 3. The van der Waals surface area contributed by atoms with Crippen molar-refractivity contribution in [1.29, 1.82) is 0 Å².